The summed E-state index contributed by atoms with van der Waals surface area (Å²) < 4.78 is 12.9. The fraction of sp³-hybridized carbons (Fsp3) is 0.500. The Balaban J connectivity index is 2.14. The first kappa shape index (κ1) is 8.74. The summed E-state index contributed by atoms with van der Waals surface area (Å²) >= 11 is 0. The Labute approximate surface area is 78.8 Å². The van der Waals surface area contributed by atoms with Gasteiger partial charge in [-0.25, -0.2) is 4.39 Å². The van der Waals surface area contributed by atoms with Crippen molar-refractivity contribution in [3.63, 3.8) is 0 Å². The second kappa shape index (κ2) is 3.91. The van der Waals surface area contributed by atoms with Crippen molar-refractivity contribution in [1.82, 2.24) is 0 Å². The SMILES string of the molecule is Fc1[c]ccc(C2CCCCC2)c1. The molecule has 1 aliphatic carbocycles. The van der Waals surface area contributed by atoms with Crippen LogP contribution in [0.1, 0.15) is 43.6 Å². The molecule has 0 atom stereocenters. The molecule has 0 spiro atoms. The smallest absolute Gasteiger partial charge is 0.131 e. The molecule has 0 saturated heterocycles. The monoisotopic (exact) mass is 177 g/mol. The quantitative estimate of drug-likeness (QED) is 0.614. The molecule has 2 rings (SSSR count). The number of benzene rings is 1. The normalized spacial score (nSPS) is 18.8. The van der Waals surface area contributed by atoms with E-state index in [4.69, 9.17) is 0 Å². The molecule has 0 aromatic heterocycles. The van der Waals surface area contributed by atoms with E-state index in [1.807, 2.05) is 6.07 Å². The lowest BCUT2D eigenvalue weighted by molar-refractivity contribution is 0.442. The fourth-order valence-corrected chi connectivity index (χ4v) is 2.14. The minimum absolute atomic E-state index is 0.219. The van der Waals surface area contributed by atoms with Crippen LogP contribution in [0.5, 0.6) is 0 Å². The first-order valence-electron chi connectivity index (χ1n) is 5.03. The zero-order valence-electron chi connectivity index (χ0n) is 7.72. The van der Waals surface area contributed by atoms with E-state index >= 15 is 0 Å². The predicted molar refractivity (Wildman–Crippen MR) is 51.1 cm³/mol. The molecule has 0 nitrogen and oxygen atoms in total. The summed E-state index contributed by atoms with van der Waals surface area (Å²) in [7, 11) is 0. The number of hydrogen-bond donors (Lipinski definition) is 0. The molecule has 1 aliphatic rings. The maximum atomic E-state index is 12.9. The van der Waals surface area contributed by atoms with Crippen LogP contribution in [0, 0.1) is 11.9 Å². The molecule has 1 fully saturated rings. The van der Waals surface area contributed by atoms with Gasteiger partial charge in [0.05, 0.1) is 0 Å². The third kappa shape index (κ3) is 2.09. The van der Waals surface area contributed by atoms with Crippen molar-refractivity contribution in [3.8, 4) is 0 Å². The van der Waals surface area contributed by atoms with Gasteiger partial charge in [-0.1, -0.05) is 31.4 Å². The maximum Gasteiger partial charge on any atom is 0.131 e. The van der Waals surface area contributed by atoms with E-state index in [0.717, 1.165) is 5.56 Å². The maximum absolute atomic E-state index is 12.9. The van der Waals surface area contributed by atoms with Crippen LogP contribution in [0.2, 0.25) is 0 Å². The molecule has 13 heavy (non-hydrogen) atoms. The van der Waals surface area contributed by atoms with E-state index in [0.29, 0.717) is 5.92 Å². The second-order valence-corrected chi connectivity index (χ2v) is 3.80. The molecule has 1 aromatic carbocycles. The summed E-state index contributed by atoms with van der Waals surface area (Å²) in [5, 5.41) is 0. The standard InChI is InChI=1S/C12H14F/c13-12-8-4-7-11(9-12)10-5-2-1-3-6-10/h4,7,9-10H,1-3,5-6H2. The molecule has 1 aromatic rings. The van der Waals surface area contributed by atoms with Crippen LogP contribution in [0.3, 0.4) is 0 Å². The Morgan fingerprint density at radius 1 is 1.23 bits per heavy atom. The van der Waals surface area contributed by atoms with Gasteiger partial charge in [0.15, 0.2) is 0 Å². The minimum atomic E-state index is -0.219. The number of halogens is 1. The highest BCUT2D eigenvalue weighted by molar-refractivity contribution is 5.20. The zero-order valence-corrected chi connectivity index (χ0v) is 7.72. The molecule has 0 heterocycles. The van der Waals surface area contributed by atoms with E-state index in [2.05, 4.69) is 6.07 Å². The summed E-state index contributed by atoms with van der Waals surface area (Å²) in [6.07, 6.45) is 6.39. The van der Waals surface area contributed by atoms with Crippen molar-refractivity contribution in [3.05, 3.63) is 35.6 Å². The lowest BCUT2D eigenvalue weighted by Crippen LogP contribution is -2.04. The van der Waals surface area contributed by atoms with E-state index in [9.17, 15) is 4.39 Å². The molecule has 0 amide bonds. The summed E-state index contributed by atoms with van der Waals surface area (Å²) in [4.78, 5) is 0. The Hall–Kier alpha value is -0.850. The van der Waals surface area contributed by atoms with E-state index in [1.54, 1.807) is 12.1 Å². The highest BCUT2D eigenvalue weighted by atomic mass is 19.1. The van der Waals surface area contributed by atoms with Crippen LogP contribution in [-0.4, -0.2) is 0 Å². The van der Waals surface area contributed by atoms with Gasteiger partial charge in [-0.3, -0.25) is 0 Å². The van der Waals surface area contributed by atoms with Gasteiger partial charge in [0.25, 0.3) is 0 Å². The highest BCUT2D eigenvalue weighted by Crippen LogP contribution is 2.32. The van der Waals surface area contributed by atoms with Gasteiger partial charge in [0.1, 0.15) is 5.82 Å². The Morgan fingerprint density at radius 2 is 2.00 bits per heavy atom. The highest BCUT2D eigenvalue weighted by Gasteiger charge is 2.15. The molecular formula is C12H14F. The number of rotatable bonds is 1. The average Bonchev–Trinajstić information content (AvgIpc) is 2.19. The number of hydrogen-bond acceptors (Lipinski definition) is 0. The van der Waals surface area contributed by atoms with Crippen LogP contribution in [0.4, 0.5) is 4.39 Å². The Bertz CT molecular complexity index is 274. The van der Waals surface area contributed by atoms with Gasteiger partial charge >= 0.3 is 0 Å². The summed E-state index contributed by atoms with van der Waals surface area (Å²) in [6.45, 7) is 0. The lowest BCUT2D eigenvalue weighted by Gasteiger charge is -2.21. The van der Waals surface area contributed by atoms with Gasteiger partial charge in [-0.2, -0.15) is 0 Å². The van der Waals surface area contributed by atoms with Crippen molar-refractivity contribution in [2.24, 2.45) is 0 Å². The van der Waals surface area contributed by atoms with Crippen molar-refractivity contribution in [1.29, 1.82) is 0 Å². The first-order chi connectivity index (χ1) is 6.36. The topological polar surface area (TPSA) is 0 Å². The van der Waals surface area contributed by atoms with Crippen molar-refractivity contribution in [2.45, 2.75) is 38.0 Å². The van der Waals surface area contributed by atoms with Crippen molar-refractivity contribution in [2.75, 3.05) is 0 Å². The first-order valence-corrected chi connectivity index (χ1v) is 5.03. The third-order valence-electron chi connectivity index (χ3n) is 2.87. The van der Waals surface area contributed by atoms with E-state index < -0.39 is 0 Å². The van der Waals surface area contributed by atoms with Crippen LogP contribution in [0.25, 0.3) is 0 Å². The minimum Gasteiger partial charge on any atom is -0.206 e. The second-order valence-electron chi connectivity index (χ2n) is 3.80. The average molecular weight is 177 g/mol. The molecule has 0 aliphatic heterocycles. The van der Waals surface area contributed by atoms with E-state index in [-0.39, 0.29) is 5.82 Å². The van der Waals surface area contributed by atoms with Crippen LogP contribution < -0.4 is 0 Å². The Kier molecular flexibility index (Phi) is 2.62. The predicted octanol–water partition coefficient (Wildman–Crippen LogP) is 3.67. The summed E-state index contributed by atoms with van der Waals surface area (Å²) in [5.41, 5.74) is 1.16. The molecular weight excluding hydrogens is 163 g/mol. The van der Waals surface area contributed by atoms with Gasteiger partial charge in [-0.05, 0) is 30.4 Å². The van der Waals surface area contributed by atoms with Gasteiger partial charge in [-0.15, -0.1) is 0 Å². The molecule has 1 heteroatoms. The Morgan fingerprint density at radius 3 is 2.69 bits per heavy atom. The van der Waals surface area contributed by atoms with Crippen LogP contribution in [-0.2, 0) is 0 Å². The molecule has 1 saturated carbocycles. The van der Waals surface area contributed by atoms with Crippen molar-refractivity contribution >= 4 is 0 Å². The van der Waals surface area contributed by atoms with Crippen molar-refractivity contribution < 1.29 is 4.39 Å². The van der Waals surface area contributed by atoms with Crippen LogP contribution >= 0.6 is 0 Å². The molecule has 0 unspecified atom stereocenters. The summed E-state index contributed by atoms with van der Waals surface area (Å²) in [5.74, 6) is 0.376. The largest absolute Gasteiger partial charge is 0.206 e. The third-order valence-corrected chi connectivity index (χ3v) is 2.87. The van der Waals surface area contributed by atoms with E-state index in [1.165, 1.54) is 32.1 Å². The van der Waals surface area contributed by atoms with Gasteiger partial charge in [0, 0.05) is 6.07 Å². The molecule has 69 valence electrons. The van der Waals surface area contributed by atoms with Gasteiger partial charge < -0.3 is 0 Å². The van der Waals surface area contributed by atoms with Gasteiger partial charge in [0.2, 0.25) is 0 Å². The fourth-order valence-electron chi connectivity index (χ4n) is 2.14. The molecule has 0 bridgehead atoms. The molecule has 0 N–H and O–H groups in total. The van der Waals surface area contributed by atoms with Crippen LogP contribution in [0.15, 0.2) is 18.2 Å². The lowest BCUT2D eigenvalue weighted by atomic mass is 9.84. The summed E-state index contributed by atoms with van der Waals surface area (Å²) in [6, 6.07) is 7.87. The molecule has 1 radical (unpaired) electrons. The zero-order chi connectivity index (χ0) is 9.10.